The molecule has 8 nitrogen and oxygen atoms in total. The van der Waals surface area contributed by atoms with Crippen molar-refractivity contribution in [2.45, 2.75) is 38.5 Å². The summed E-state index contributed by atoms with van der Waals surface area (Å²) in [5, 5.41) is 19.7. The fraction of sp³-hybridized carbons (Fsp3) is 0.545. The average Bonchev–Trinajstić information content (AvgIpc) is 2.35. The summed E-state index contributed by atoms with van der Waals surface area (Å²) in [6.07, 6.45) is -5.78. The van der Waals surface area contributed by atoms with Crippen molar-refractivity contribution < 1.29 is 28.0 Å². The zero-order valence-electron chi connectivity index (χ0n) is 11.9. The second kappa shape index (κ2) is 6.94. The van der Waals surface area contributed by atoms with Gasteiger partial charge in [-0.3, -0.25) is 10.1 Å². The monoisotopic (exact) mass is 356 g/mol. The quantitative estimate of drug-likeness (QED) is 0.474. The minimum atomic E-state index is -4.79. The van der Waals surface area contributed by atoms with Crippen LogP contribution in [-0.4, -0.2) is 44.2 Å². The predicted molar refractivity (Wildman–Crippen MR) is 73.4 cm³/mol. The van der Waals surface area contributed by atoms with Gasteiger partial charge in [0.05, 0.1) is 11.3 Å². The highest BCUT2D eigenvalue weighted by atomic mass is 35.5. The van der Waals surface area contributed by atoms with Crippen LogP contribution in [0.2, 0.25) is 5.28 Å². The van der Waals surface area contributed by atoms with Gasteiger partial charge < -0.3 is 10.0 Å². The van der Waals surface area contributed by atoms with Gasteiger partial charge >= 0.3 is 17.8 Å². The van der Waals surface area contributed by atoms with E-state index >= 15 is 0 Å². The first-order valence-electron chi connectivity index (χ1n) is 6.19. The number of alkyl halides is 3. The summed E-state index contributed by atoms with van der Waals surface area (Å²) >= 11 is 5.55. The molecular weight excluding hydrogens is 345 g/mol. The minimum Gasteiger partial charge on any atom is -0.480 e. The van der Waals surface area contributed by atoms with Gasteiger partial charge in [0.1, 0.15) is 12.2 Å². The summed E-state index contributed by atoms with van der Waals surface area (Å²) in [6.45, 7) is 2.76. The van der Waals surface area contributed by atoms with Crippen LogP contribution in [0.1, 0.15) is 20.3 Å². The van der Waals surface area contributed by atoms with E-state index in [0.717, 1.165) is 0 Å². The van der Waals surface area contributed by atoms with Gasteiger partial charge in [-0.05, 0) is 25.4 Å². The molecule has 0 aromatic carbocycles. The van der Waals surface area contributed by atoms with Gasteiger partial charge in [0.25, 0.3) is 0 Å². The van der Waals surface area contributed by atoms with Crippen molar-refractivity contribution in [1.29, 1.82) is 0 Å². The lowest BCUT2D eigenvalue weighted by atomic mass is 10.1. The number of carboxylic acids is 1. The van der Waals surface area contributed by atoms with Crippen molar-refractivity contribution in [2.24, 2.45) is 0 Å². The number of anilines is 1. The van der Waals surface area contributed by atoms with E-state index in [1.165, 1.54) is 13.8 Å². The van der Waals surface area contributed by atoms with Crippen LogP contribution in [0.15, 0.2) is 6.20 Å². The number of nitrogens with zero attached hydrogens (tertiary/aromatic N) is 4. The van der Waals surface area contributed by atoms with Gasteiger partial charge in [0, 0.05) is 6.04 Å². The van der Waals surface area contributed by atoms with E-state index < -0.39 is 52.4 Å². The molecule has 0 aliphatic rings. The number of rotatable bonds is 6. The minimum absolute atomic E-state index is 0.451. The van der Waals surface area contributed by atoms with Crippen molar-refractivity contribution >= 4 is 29.1 Å². The summed E-state index contributed by atoms with van der Waals surface area (Å²) in [5.74, 6) is -2.37. The lowest BCUT2D eigenvalue weighted by Gasteiger charge is -2.33. The van der Waals surface area contributed by atoms with Crippen molar-refractivity contribution in [3.63, 3.8) is 0 Å². The van der Waals surface area contributed by atoms with Crippen molar-refractivity contribution in [2.75, 3.05) is 4.90 Å². The molecule has 0 spiro atoms. The summed E-state index contributed by atoms with van der Waals surface area (Å²) in [5.41, 5.74) is -0.739. The topological polar surface area (TPSA) is 109 Å². The molecular formula is C11H12ClF3N4O4. The van der Waals surface area contributed by atoms with Gasteiger partial charge in [-0.1, -0.05) is 0 Å². The van der Waals surface area contributed by atoms with E-state index in [1.54, 1.807) is 0 Å². The van der Waals surface area contributed by atoms with E-state index in [9.17, 15) is 28.1 Å². The van der Waals surface area contributed by atoms with E-state index in [4.69, 9.17) is 16.7 Å². The molecule has 1 rings (SSSR count). The largest absolute Gasteiger partial charge is 0.480 e. The molecule has 1 N–H and O–H groups in total. The Kier molecular flexibility index (Phi) is 5.70. The number of aromatic nitrogens is 2. The van der Waals surface area contributed by atoms with Gasteiger partial charge in [-0.15, -0.1) is 0 Å². The third kappa shape index (κ3) is 4.91. The molecule has 0 amide bonds. The van der Waals surface area contributed by atoms with Crippen LogP contribution >= 0.6 is 11.6 Å². The summed E-state index contributed by atoms with van der Waals surface area (Å²) in [6, 6.07) is -2.93. The highest BCUT2D eigenvalue weighted by molar-refractivity contribution is 6.28. The molecule has 1 heterocycles. The molecule has 0 aliphatic carbocycles. The molecule has 0 fully saturated rings. The number of halogens is 4. The molecule has 23 heavy (non-hydrogen) atoms. The first kappa shape index (κ1) is 18.9. The van der Waals surface area contributed by atoms with Gasteiger partial charge in [0.2, 0.25) is 11.1 Å². The SMILES string of the molecule is CC(C)N(c1nc(Cl)ncc1[N+](=O)[O-])C(CC(F)(F)F)C(=O)O. The Morgan fingerprint density at radius 3 is 2.48 bits per heavy atom. The predicted octanol–water partition coefficient (Wildman–Crippen LogP) is 2.66. The van der Waals surface area contributed by atoms with E-state index in [2.05, 4.69) is 9.97 Å². The Bertz CT molecular complexity index is 611. The summed E-state index contributed by atoms with van der Waals surface area (Å²) < 4.78 is 38.0. The van der Waals surface area contributed by atoms with Crippen LogP contribution < -0.4 is 4.90 Å². The number of hydrogen-bond acceptors (Lipinski definition) is 6. The Labute approximate surface area is 133 Å². The number of nitro groups is 1. The maximum absolute atomic E-state index is 12.7. The van der Waals surface area contributed by atoms with Crippen LogP contribution in [-0.2, 0) is 4.79 Å². The van der Waals surface area contributed by atoms with E-state index in [0.29, 0.717) is 11.1 Å². The van der Waals surface area contributed by atoms with E-state index in [-0.39, 0.29) is 0 Å². The van der Waals surface area contributed by atoms with Crippen LogP contribution in [0.5, 0.6) is 0 Å². The molecule has 0 saturated heterocycles. The number of aliphatic carboxylic acids is 1. The smallest absolute Gasteiger partial charge is 0.391 e. The molecule has 1 atom stereocenters. The molecule has 0 saturated carbocycles. The lowest BCUT2D eigenvalue weighted by Crippen LogP contribution is -2.48. The molecule has 128 valence electrons. The molecule has 1 aromatic rings. The summed E-state index contributed by atoms with van der Waals surface area (Å²) in [7, 11) is 0. The Hall–Kier alpha value is -2.17. The maximum Gasteiger partial charge on any atom is 0.391 e. The lowest BCUT2D eigenvalue weighted by molar-refractivity contribution is -0.384. The van der Waals surface area contributed by atoms with Gasteiger partial charge in [-0.2, -0.15) is 18.2 Å². The maximum atomic E-state index is 12.7. The molecule has 1 aromatic heterocycles. The fourth-order valence-corrected chi connectivity index (χ4v) is 2.07. The second-order valence-corrected chi connectivity index (χ2v) is 5.12. The zero-order chi connectivity index (χ0) is 17.9. The second-order valence-electron chi connectivity index (χ2n) is 4.78. The Morgan fingerprint density at radius 2 is 2.09 bits per heavy atom. The number of carbonyl (C=O) groups is 1. The number of carboxylic acid groups (broad SMARTS) is 1. The molecule has 1 unspecified atom stereocenters. The highest BCUT2D eigenvalue weighted by Crippen LogP contribution is 2.33. The van der Waals surface area contributed by atoms with Crippen molar-refractivity contribution in [3.05, 3.63) is 21.6 Å². The third-order valence-electron chi connectivity index (χ3n) is 2.76. The summed E-state index contributed by atoms with van der Waals surface area (Å²) in [4.78, 5) is 29.0. The molecule has 0 radical (unpaired) electrons. The van der Waals surface area contributed by atoms with Gasteiger partial charge in [0.15, 0.2) is 0 Å². The van der Waals surface area contributed by atoms with Gasteiger partial charge in [-0.25, -0.2) is 9.78 Å². The average molecular weight is 357 g/mol. The molecule has 12 heteroatoms. The highest BCUT2D eigenvalue weighted by Gasteiger charge is 2.42. The molecule has 0 aliphatic heterocycles. The normalized spacial score (nSPS) is 13.0. The van der Waals surface area contributed by atoms with Crippen LogP contribution in [0, 0.1) is 10.1 Å². The first-order chi connectivity index (χ1) is 10.4. The van der Waals surface area contributed by atoms with Crippen molar-refractivity contribution in [1.82, 2.24) is 9.97 Å². The standard InChI is InChI=1S/C11H12ClF3N4O4/c1-5(2)18(6(9(20)21)3-11(13,14)15)8-7(19(22)23)4-16-10(12)17-8/h4-6H,3H2,1-2H3,(H,20,21). The Morgan fingerprint density at radius 1 is 1.52 bits per heavy atom. The third-order valence-corrected chi connectivity index (χ3v) is 2.95. The first-order valence-corrected chi connectivity index (χ1v) is 6.56. The fourth-order valence-electron chi connectivity index (χ4n) is 1.94. The number of hydrogen-bond donors (Lipinski definition) is 1. The van der Waals surface area contributed by atoms with E-state index in [1.807, 2.05) is 0 Å². The Balaban J connectivity index is 3.48. The van der Waals surface area contributed by atoms with Crippen LogP contribution in [0.25, 0.3) is 0 Å². The van der Waals surface area contributed by atoms with Crippen LogP contribution in [0.3, 0.4) is 0 Å². The van der Waals surface area contributed by atoms with Crippen LogP contribution in [0.4, 0.5) is 24.7 Å². The zero-order valence-corrected chi connectivity index (χ0v) is 12.7. The molecule has 0 bridgehead atoms. The van der Waals surface area contributed by atoms with Crippen molar-refractivity contribution in [3.8, 4) is 0 Å².